The van der Waals surface area contributed by atoms with Crippen LogP contribution in [0.2, 0.25) is 0 Å². The number of ether oxygens (including phenoxy) is 4. The number of piperidine rings is 1. The maximum atomic E-state index is 14.9. The molecule has 4 N–H and O–H groups in total. The van der Waals surface area contributed by atoms with E-state index in [1.54, 1.807) is 13.2 Å². The number of nitrogens with zero attached hydrogens (tertiary/aromatic N) is 8. The standard InChI is InChI=1S/C64H79N11O10S/c1-42-6-4-5-7-50(42)56-40-70(38-44-30-57(82-3)60(67-37-44)72-25-28-83-29-26-72)23-24-73(56)48-34-64(35-48)18-21-71(22-19-64)47-8-10-51(53(32-47)74-39-46-15-27-84-41-58(46)85-62-55(74)31-45-14-20-65-59(45)68-62)61(76)69-86(80,81)49-9-11-52(54(33-49)75(78)79)66-36-43-12-16-63(2,77)17-13-43/h4-11,14,20,30-33,37,43,46,48,56,58,66,77H,12-13,15-19,21-29,34-36,38-41H2,1-3H3,(H,65,68)(H,69,76)/t43-,46-,56-,58+,63-/m0/s1. The van der Waals surface area contributed by atoms with Gasteiger partial charge in [-0.3, -0.25) is 24.7 Å². The second-order valence-corrected chi connectivity index (χ2v) is 27.1. The minimum atomic E-state index is -4.64. The Morgan fingerprint density at radius 1 is 0.895 bits per heavy atom. The van der Waals surface area contributed by atoms with Crippen LogP contribution in [0.15, 0.2) is 96.2 Å². The number of nitro groups is 1. The maximum absolute atomic E-state index is 14.9. The molecule has 22 heteroatoms. The Labute approximate surface area is 502 Å². The third kappa shape index (κ3) is 11.9. The van der Waals surface area contributed by atoms with E-state index < -0.39 is 37.0 Å². The minimum absolute atomic E-state index is 0.0189. The second kappa shape index (κ2) is 23.9. The molecule has 1 spiro atoms. The van der Waals surface area contributed by atoms with Gasteiger partial charge in [0, 0.05) is 120 Å². The summed E-state index contributed by atoms with van der Waals surface area (Å²) in [5.74, 6) is 1.33. The number of piperazine rings is 1. The summed E-state index contributed by atoms with van der Waals surface area (Å²) in [7, 11) is -2.92. The highest BCUT2D eigenvalue weighted by molar-refractivity contribution is 7.90. The van der Waals surface area contributed by atoms with Gasteiger partial charge in [0.05, 0.1) is 53.6 Å². The van der Waals surface area contributed by atoms with Crippen molar-refractivity contribution in [2.24, 2.45) is 17.3 Å². The van der Waals surface area contributed by atoms with Gasteiger partial charge in [-0.15, -0.1) is 0 Å². The number of methoxy groups -OCH3 is 1. The first kappa shape index (κ1) is 58.0. The number of hydrogen-bond donors (Lipinski definition) is 4. The molecule has 0 bridgehead atoms. The Morgan fingerprint density at radius 3 is 2.48 bits per heavy atom. The largest absolute Gasteiger partial charge is 0.493 e. The van der Waals surface area contributed by atoms with Crippen molar-refractivity contribution >= 4 is 61.2 Å². The number of amides is 1. The van der Waals surface area contributed by atoms with Gasteiger partial charge < -0.3 is 49.1 Å². The molecule has 456 valence electrons. The van der Waals surface area contributed by atoms with Crippen LogP contribution in [0.4, 0.5) is 34.3 Å². The van der Waals surface area contributed by atoms with E-state index in [-0.39, 0.29) is 40.6 Å². The van der Waals surface area contributed by atoms with Crippen LogP contribution in [0, 0.1) is 34.3 Å². The van der Waals surface area contributed by atoms with Crippen molar-refractivity contribution in [3.05, 3.63) is 124 Å². The number of aryl methyl sites for hydroxylation is 1. The van der Waals surface area contributed by atoms with Crippen LogP contribution in [0.5, 0.6) is 11.6 Å². The summed E-state index contributed by atoms with van der Waals surface area (Å²) in [6.45, 7) is 14.0. The number of fused-ring (bicyclic) bond motifs is 3. The molecule has 2 aliphatic carbocycles. The fourth-order valence-electron chi connectivity index (χ4n) is 14.6. The van der Waals surface area contributed by atoms with E-state index in [2.05, 4.69) is 76.8 Å². The van der Waals surface area contributed by atoms with Crippen molar-refractivity contribution in [1.82, 2.24) is 29.5 Å². The third-order valence-electron chi connectivity index (χ3n) is 19.8. The van der Waals surface area contributed by atoms with E-state index in [1.807, 2.05) is 43.6 Å². The van der Waals surface area contributed by atoms with Crippen LogP contribution in [-0.4, -0.2) is 159 Å². The van der Waals surface area contributed by atoms with Crippen LogP contribution >= 0.6 is 0 Å². The fraction of sp³-hybridized carbons (Fsp3) is 0.516. The lowest BCUT2D eigenvalue weighted by Crippen LogP contribution is -2.59. The average Bonchev–Trinajstić information content (AvgIpc) is 1.44. The van der Waals surface area contributed by atoms with Crippen LogP contribution in [0.3, 0.4) is 0 Å². The number of anilines is 5. The maximum Gasteiger partial charge on any atom is 0.293 e. The van der Waals surface area contributed by atoms with Crippen molar-refractivity contribution in [3.63, 3.8) is 0 Å². The lowest BCUT2D eigenvalue weighted by molar-refractivity contribution is -0.384. The molecule has 3 aromatic heterocycles. The number of sulfonamides is 1. The zero-order valence-electron chi connectivity index (χ0n) is 49.4. The van der Waals surface area contributed by atoms with Gasteiger partial charge in [0.1, 0.15) is 23.1 Å². The van der Waals surface area contributed by atoms with Crippen LogP contribution in [0.25, 0.3) is 11.0 Å². The lowest BCUT2D eigenvalue weighted by atomic mass is 9.59. The first-order chi connectivity index (χ1) is 41.6. The number of nitrogens with one attached hydrogen (secondary N) is 3. The lowest BCUT2D eigenvalue weighted by Gasteiger charge is -2.58. The quantitative estimate of drug-likeness (QED) is 0.0556. The smallest absolute Gasteiger partial charge is 0.293 e. The summed E-state index contributed by atoms with van der Waals surface area (Å²) in [6, 6.07) is 24.9. The summed E-state index contributed by atoms with van der Waals surface area (Å²) in [5, 5.41) is 26.9. The first-order valence-corrected chi connectivity index (χ1v) is 32.2. The molecule has 8 heterocycles. The highest BCUT2D eigenvalue weighted by Crippen LogP contribution is 2.54. The molecule has 13 rings (SSSR count). The van der Waals surface area contributed by atoms with Crippen LogP contribution < -0.4 is 34.2 Å². The molecule has 6 aromatic rings. The normalized spacial score (nSPS) is 24.7. The zero-order valence-corrected chi connectivity index (χ0v) is 50.2. The predicted molar refractivity (Wildman–Crippen MR) is 328 cm³/mol. The molecule has 3 atom stereocenters. The zero-order chi connectivity index (χ0) is 59.3. The van der Waals surface area contributed by atoms with Gasteiger partial charge in [-0.25, -0.2) is 18.1 Å². The monoisotopic (exact) mass is 1190 g/mol. The second-order valence-electron chi connectivity index (χ2n) is 25.4. The first-order valence-electron chi connectivity index (χ1n) is 30.7. The SMILES string of the molecule is COc1cc(CN2CCN(C3CC4(CCN(c5ccc(C(=O)NS(=O)(=O)c6ccc(NC[C@H]7CC[C@](C)(O)CC7)c([N+](=O)[O-])c6)c(N6C[C@@H]7CCOC[C@H]7Oc7nc8[nH]ccc8cc76)c5)CC4)C3)[C@H](c3ccccc3C)C2)cnc1N1CCOCC1. The Bertz CT molecular complexity index is 3590. The van der Waals surface area contributed by atoms with E-state index in [1.165, 1.54) is 23.3 Å². The Balaban J connectivity index is 0.738. The Kier molecular flexibility index (Phi) is 16.1. The molecule has 0 radical (unpaired) electrons. The number of aromatic amines is 1. The molecular weight excluding hydrogens is 1110 g/mol. The number of hydrogen-bond acceptors (Lipinski definition) is 18. The summed E-state index contributed by atoms with van der Waals surface area (Å²) >= 11 is 0. The number of rotatable bonds is 15. The third-order valence-corrected chi connectivity index (χ3v) is 21.1. The Hall–Kier alpha value is -7.08. The summed E-state index contributed by atoms with van der Waals surface area (Å²) in [5.41, 5.74) is 5.84. The molecule has 21 nitrogen and oxygen atoms in total. The van der Waals surface area contributed by atoms with E-state index >= 15 is 0 Å². The number of aliphatic hydroxyl groups is 1. The van der Waals surface area contributed by atoms with Crippen molar-refractivity contribution < 1.29 is 42.2 Å². The molecule has 1 amide bonds. The van der Waals surface area contributed by atoms with Crippen molar-refractivity contribution in [1.29, 1.82) is 0 Å². The molecule has 7 aliphatic rings. The van der Waals surface area contributed by atoms with Crippen molar-refractivity contribution in [2.45, 2.75) is 107 Å². The number of carbonyl (C=O) groups excluding carboxylic acids is 1. The molecule has 0 unspecified atom stereocenters. The van der Waals surface area contributed by atoms with E-state index in [0.717, 1.165) is 125 Å². The molecule has 5 aliphatic heterocycles. The van der Waals surface area contributed by atoms with E-state index in [9.17, 15) is 28.4 Å². The number of aromatic nitrogens is 3. The molecule has 2 saturated carbocycles. The number of benzene rings is 3. The van der Waals surface area contributed by atoms with Gasteiger partial charge in [0.15, 0.2) is 11.6 Å². The topological polar surface area (TPSA) is 233 Å². The number of H-pyrrole nitrogens is 1. The summed E-state index contributed by atoms with van der Waals surface area (Å²) < 4.78 is 55.0. The van der Waals surface area contributed by atoms with Gasteiger partial charge in [0.25, 0.3) is 21.6 Å². The highest BCUT2D eigenvalue weighted by Gasteiger charge is 2.50. The number of nitro benzene ring substituents is 1. The molecule has 6 fully saturated rings. The van der Waals surface area contributed by atoms with Gasteiger partial charge in [-0.05, 0) is 148 Å². The average molecular weight is 1190 g/mol. The molecule has 4 saturated heterocycles. The van der Waals surface area contributed by atoms with Crippen LogP contribution in [-0.2, 0) is 26.0 Å². The summed E-state index contributed by atoms with van der Waals surface area (Å²) in [6.07, 6.45) is 11.2. The van der Waals surface area contributed by atoms with Gasteiger partial charge in [-0.1, -0.05) is 24.3 Å². The molecule has 3 aromatic carbocycles. The van der Waals surface area contributed by atoms with Crippen molar-refractivity contribution in [3.8, 4) is 11.6 Å². The van der Waals surface area contributed by atoms with E-state index in [0.29, 0.717) is 87.7 Å². The summed E-state index contributed by atoms with van der Waals surface area (Å²) in [4.78, 5) is 51.4. The number of carbonyl (C=O) groups is 1. The predicted octanol–water partition coefficient (Wildman–Crippen LogP) is 8.74. The Morgan fingerprint density at radius 2 is 1.70 bits per heavy atom. The molecule has 86 heavy (non-hydrogen) atoms. The van der Waals surface area contributed by atoms with Gasteiger partial charge in [0.2, 0.25) is 5.88 Å². The minimum Gasteiger partial charge on any atom is -0.493 e. The highest BCUT2D eigenvalue weighted by atomic mass is 32.2. The number of morpholine rings is 1. The fourth-order valence-corrected chi connectivity index (χ4v) is 15.6. The van der Waals surface area contributed by atoms with Gasteiger partial charge in [-0.2, -0.15) is 4.98 Å². The van der Waals surface area contributed by atoms with Gasteiger partial charge >= 0.3 is 0 Å². The molecular formula is C64H79N11O10S. The van der Waals surface area contributed by atoms with Crippen LogP contribution in [0.1, 0.15) is 97.8 Å². The van der Waals surface area contributed by atoms with Crippen molar-refractivity contribution in [2.75, 3.05) is 112 Å². The van der Waals surface area contributed by atoms with E-state index in [4.69, 9.17) is 28.9 Å². The number of pyridine rings is 2.